The normalized spacial score (nSPS) is 34.0. The van der Waals surface area contributed by atoms with E-state index in [4.69, 9.17) is 4.74 Å². The zero-order valence-electron chi connectivity index (χ0n) is 13.0. The fourth-order valence-electron chi connectivity index (χ4n) is 3.65. The molecule has 0 aliphatic carbocycles. The second-order valence-corrected chi connectivity index (χ2v) is 6.84. The van der Waals surface area contributed by atoms with Crippen LogP contribution in [-0.4, -0.2) is 74.2 Å². The van der Waals surface area contributed by atoms with E-state index in [9.17, 15) is 4.79 Å². The van der Waals surface area contributed by atoms with Gasteiger partial charge in [0.15, 0.2) is 0 Å². The van der Waals surface area contributed by atoms with Gasteiger partial charge >= 0.3 is 0 Å². The maximum atomic E-state index is 12.3. The van der Waals surface area contributed by atoms with Gasteiger partial charge in [-0.1, -0.05) is 6.92 Å². The van der Waals surface area contributed by atoms with Crippen molar-refractivity contribution in [2.75, 3.05) is 52.4 Å². The van der Waals surface area contributed by atoms with Crippen LogP contribution in [0.1, 0.15) is 26.2 Å². The summed E-state index contributed by atoms with van der Waals surface area (Å²) in [6, 6.07) is 0. The van der Waals surface area contributed by atoms with Crippen molar-refractivity contribution in [1.29, 1.82) is 0 Å². The molecule has 0 saturated carbocycles. The third kappa shape index (κ3) is 4.09. The van der Waals surface area contributed by atoms with Gasteiger partial charge in [0.05, 0.1) is 0 Å². The van der Waals surface area contributed by atoms with Gasteiger partial charge in [-0.2, -0.15) is 0 Å². The van der Waals surface area contributed by atoms with Crippen molar-refractivity contribution in [3.05, 3.63) is 0 Å². The van der Waals surface area contributed by atoms with Crippen molar-refractivity contribution >= 4 is 18.3 Å². The van der Waals surface area contributed by atoms with E-state index >= 15 is 0 Å². The Bertz CT molecular complexity index is 347. The third-order valence-electron chi connectivity index (χ3n) is 4.95. The van der Waals surface area contributed by atoms with Crippen LogP contribution in [0.5, 0.6) is 0 Å². The highest BCUT2D eigenvalue weighted by molar-refractivity contribution is 5.85. The van der Waals surface area contributed by atoms with Crippen LogP contribution >= 0.6 is 12.4 Å². The molecule has 1 amide bonds. The lowest BCUT2D eigenvalue weighted by Gasteiger charge is -2.39. The average molecular weight is 318 g/mol. The molecule has 21 heavy (non-hydrogen) atoms. The summed E-state index contributed by atoms with van der Waals surface area (Å²) in [7, 11) is 0. The molecule has 0 aromatic carbocycles. The Hall–Kier alpha value is -0.360. The van der Waals surface area contributed by atoms with E-state index in [1.165, 1.54) is 6.42 Å². The summed E-state index contributed by atoms with van der Waals surface area (Å²) in [6.45, 7) is 10.3. The third-order valence-corrected chi connectivity index (χ3v) is 4.95. The average Bonchev–Trinajstić information content (AvgIpc) is 3.10. The van der Waals surface area contributed by atoms with Crippen LogP contribution in [0.2, 0.25) is 0 Å². The minimum Gasteiger partial charge on any atom is -0.368 e. The predicted molar refractivity (Wildman–Crippen MR) is 84.8 cm³/mol. The second-order valence-electron chi connectivity index (χ2n) is 6.84. The Morgan fingerprint density at radius 3 is 2.67 bits per heavy atom. The smallest absolute Gasteiger partial charge is 0.251 e. The standard InChI is InChI=1S/C15H27N3O2.ClH/c1-15(4-5-16-11-15)12-17-6-8-18(9-7-17)14(19)13-3-2-10-20-13;/h13,16H,2-12H2,1H3;1H. The number of nitrogens with zero attached hydrogens (tertiary/aromatic N) is 2. The van der Waals surface area contributed by atoms with Gasteiger partial charge in [0, 0.05) is 45.9 Å². The minimum atomic E-state index is -0.155. The van der Waals surface area contributed by atoms with E-state index < -0.39 is 0 Å². The zero-order valence-corrected chi connectivity index (χ0v) is 13.8. The van der Waals surface area contributed by atoms with Crippen LogP contribution in [0.4, 0.5) is 0 Å². The number of nitrogens with one attached hydrogen (secondary N) is 1. The van der Waals surface area contributed by atoms with E-state index in [1.807, 2.05) is 4.90 Å². The van der Waals surface area contributed by atoms with E-state index in [1.54, 1.807) is 0 Å². The second kappa shape index (κ2) is 7.27. The summed E-state index contributed by atoms with van der Waals surface area (Å²) in [5, 5.41) is 3.46. The number of carbonyl (C=O) groups excluding carboxylic acids is 1. The highest BCUT2D eigenvalue weighted by Crippen LogP contribution is 2.26. The summed E-state index contributed by atoms with van der Waals surface area (Å²) in [4.78, 5) is 16.8. The molecule has 0 spiro atoms. The SMILES string of the molecule is CC1(CN2CCN(C(=O)C3CCCO3)CC2)CCNC1.Cl. The van der Waals surface area contributed by atoms with Crippen LogP contribution < -0.4 is 5.32 Å². The van der Waals surface area contributed by atoms with Gasteiger partial charge in [-0.3, -0.25) is 9.69 Å². The van der Waals surface area contributed by atoms with E-state index in [-0.39, 0.29) is 24.4 Å². The summed E-state index contributed by atoms with van der Waals surface area (Å²) < 4.78 is 5.51. The number of rotatable bonds is 3. The van der Waals surface area contributed by atoms with Gasteiger partial charge in [-0.05, 0) is 31.2 Å². The number of hydrogen-bond acceptors (Lipinski definition) is 4. The zero-order chi connectivity index (χ0) is 14.0. The Labute approximate surface area is 133 Å². The van der Waals surface area contributed by atoms with Crippen molar-refractivity contribution in [3.63, 3.8) is 0 Å². The molecule has 3 heterocycles. The monoisotopic (exact) mass is 317 g/mol. The molecule has 122 valence electrons. The molecule has 3 fully saturated rings. The van der Waals surface area contributed by atoms with Gasteiger partial charge in [0.25, 0.3) is 5.91 Å². The molecule has 1 N–H and O–H groups in total. The highest BCUT2D eigenvalue weighted by Gasteiger charge is 2.34. The summed E-state index contributed by atoms with van der Waals surface area (Å²) >= 11 is 0. The van der Waals surface area contributed by atoms with E-state index in [0.717, 1.165) is 65.3 Å². The van der Waals surface area contributed by atoms with Crippen molar-refractivity contribution in [2.24, 2.45) is 5.41 Å². The molecule has 3 rings (SSSR count). The molecule has 3 saturated heterocycles. The first-order chi connectivity index (χ1) is 9.66. The molecule has 0 bridgehead atoms. The molecule has 0 radical (unpaired) electrons. The summed E-state index contributed by atoms with van der Waals surface area (Å²) in [6.07, 6.45) is 3.05. The fraction of sp³-hybridized carbons (Fsp3) is 0.933. The molecule has 6 heteroatoms. The summed E-state index contributed by atoms with van der Waals surface area (Å²) in [5.41, 5.74) is 0.417. The molecule has 0 aromatic rings. The molecule has 5 nitrogen and oxygen atoms in total. The van der Waals surface area contributed by atoms with Gasteiger partial charge in [0.2, 0.25) is 0 Å². The number of ether oxygens (including phenoxy) is 1. The first-order valence-corrected chi connectivity index (χ1v) is 8.00. The molecule has 2 atom stereocenters. The molecule has 3 aliphatic rings. The fourth-order valence-corrected chi connectivity index (χ4v) is 3.65. The number of piperazine rings is 1. The van der Waals surface area contributed by atoms with Gasteiger partial charge in [-0.25, -0.2) is 0 Å². The van der Waals surface area contributed by atoms with Crippen LogP contribution in [0, 0.1) is 5.41 Å². The quantitative estimate of drug-likeness (QED) is 0.833. The highest BCUT2D eigenvalue weighted by atomic mass is 35.5. The van der Waals surface area contributed by atoms with Crippen molar-refractivity contribution < 1.29 is 9.53 Å². The topological polar surface area (TPSA) is 44.8 Å². The van der Waals surface area contributed by atoms with Crippen molar-refractivity contribution in [2.45, 2.75) is 32.3 Å². The van der Waals surface area contributed by atoms with Gasteiger partial charge in [-0.15, -0.1) is 12.4 Å². The largest absolute Gasteiger partial charge is 0.368 e. The lowest BCUT2D eigenvalue weighted by molar-refractivity contribution is -0.142. The lowest BCUT2D eigenvalue weighted by atomic mass is 9.89. The number of carbonyl (C=O) groups is 1. The first kappa shape index (κ1) is 17.0. The first-order valence-electron chi connectivity index (χ1n) is 8.00. The molecular weight excluding hydrogens is 290 g/mol. The van der Waals surface area contributed by atoms with Crippen LogP contribution in [0.25, 0.3) is 0 Å². The lowest BCUT2D eigenvalue weighted by Crippen LogP contribution is -2.53. The Balaban J connectivity index is 0.00000161. The summed E-state index contributed by atoms with van der Waals surface area (Å²) in [5.74, 6) is 0.218. The van der Waals surface area contributed by atoms with E-state index in [2.05, 4.69) is 17.1 Å². The predicted octanol–water partition coefficient (Wildman–Crippen LogP) is 0.731. The molecule has 0 aromatic heterocycles. The molecule has 3 aliphatic heterocycles. The number of halogens is 1. The van der Waals surface area contributed by atoms with Crippen LogP contribution in [-0.2, 0) is 9.53 Å². The van der Waals surface area contributed by atoms with Crippen molar-refractivity contribution in [1.82, 2.24) is 15.1 Å². The minimum absolute atomic E-state index is 0. The number of hydrogen-bond donors (Lipinski definition) is 1. The van der Waals surface area contributed by atoms with Crippen LogP contribution in [0.15, 0.2) is 0 Å². The van der Waals surface area contributed by atoms with Crippen LogP contribution in [0.3, 0.4) is 0 Å². The van der Waals surface area contributed by atoms with Gasteiger partial charge < -0.3 is 15.0 Å². The number of amides is 1. The van der Waals surface area contributed by atoms with Gasteiger partial charge in [0.1, 0.15) is 6.10 Å². The van der Waals surface area contributed by atoms with E-state index in [0.29, 0.717) is 5.41 Å². The molecular formula is C15H28ClN3O2. The Morgan fingerprint density at radius 1 is 1.33 bits per heavy atom. The maximum Gasteiger partial charge on any atom is 0.251 e. The van der Waals surface area contributed by atoms with Crippen molar-refractivity contribution in [3.8, 4) is 0 Å². The molecule has 2 unspecified atom stereocenters. The Kier molecular flexibility index (Phi) is 5.88. The Morgan fingerprint density at radius 2 is 2.10 bits per heavy atom. The maximum absolute atomic E-state index is 12.3.